The van der Waals surface area contributed by atoms with Crippen molar-refractivity contribution in [2.24, 2.45) is 0 Å². The number of nitrogens with one attached hydrogen (secondary N) is 1. The fourth-order valence-electron chi connectivity index (χ4n) is 3.65. The Labute approximate surface area is 175 Å². The standard InChI is InChI=1S/C23H25N5O2/c1-16-7-5-8-17(15-16)23(30)24-12-11-20(29)28-14-6-13-27(2)21-22(28)26-19-10-4-3-9-18(19)25-21/h3-5,7-10,15H,6,11-14H2,1-2H3,(H,24,30). The molecule has 2 amide bonds. The van der Waals surface area contributed by atoms with Gasteiger partial charge >= 0.3 is 0 Å². The fourth-order valence-corrected chi connectivity index (χ4v) is 3.65. The van der Waals surface area contributed by atoms with E-state index in [1.54, 1.807) is 11.0 Å². The molecule has 0 saturated heterocycles. The maximum Gasteiger partial charge on any atom is 0.251 e. The molecule has 0 radical (unpaired) electrons. The average molecular weight is 403 g/mol. The van der Waals surface area contributed by atoms with Crippen LogP contribution in [0.25, 0.3) is 11.0 Å². The minimum atomic E-state index is -0.173. The first-order valence-corrected chi connectivity index (χ1v) is 10.2. The number of anilines is 2. The Bertz CT molecular complexity index is 1100. The van der Waals surface area contributed by atoms with Crippen LogP contribution in [0.4, 0.5) is 11.6 Å². The first-order chi connectivity index (χ1) is 14.5. The van der Waals surface area contributed by atoms with Crippen molar-refractivity contribution in [3.05, 3.63) is 59.7 Å². The minimum absolute atomic E-state index is 0.0688. The molecule has 4 rings (SSSR count). The Kier molecular flexibility index (Phi) is 5.61. The van der Waals surface area contributed by atoms with E-state index in [0.29, 0.717) is 23.7 Å². The quantitative estimate of drug-likeness (QED) is 0.725. The Balaban J connectivity index is 1.49. The molecule has 0 saturated carbocycles. The Morgan fingerprint density at radius 2 is 1.73 bits per heavy atom. The highest BCUT2D eigenvalue weighted by atomic mass is 16.2. The van der Waals surface area contributed by atoms with E-state index in [-0.39, 0.29) is 24.8 Å². The second kappa shape index (κ2) is 8.49. The van der Waals surface area contributed by atoms with Crippen molar-refractivity contribution in [2.75, 3.05) is 36.5 Å². The summed E-state index contributed by atoms with van der Waals surface area (Å²) in [7, 11) is 1.97. The SMILES string of the molecule is Cc1cccc(C(=O)NCCC(=O)N2CCCN(C)c3nc4ccccc4nc32)c1. The average Bonchev–Trinajstić information content (AvgIpc) is 2.90. The zero-order valence-electron chi connectivity index (χ0n) is 17.3. The first-order valence-electron chi connectivity index (χ1n) is 10.2. The number of para-hydroxylation sites is 2. The van der Waals surface area contributed by atoms with E-state index in [0.717, 1.165) is 29.6 Å². The van der Waals surface area contributed by atoms with E-state index in [2.05, 4.69) is 5.32 Å². The number of hydrogen-bond acceptors (Lipinski definition) is 5. The number of benzene rings is 2. The number of carbonyl (C=O) groups excluding carboxylic acids is 2. The molecular weight excluding hydrogens is 378 g/mol. The van der Waals surface area contributed by atoms with E-state index in [1.165, 1.54) is 0 Å². The maximum absolute atomic E-state index is 13.0. The van der Waals surface area contributed by atoms with Gasteiger partial charge in [-0.25, -0.2) is 9.97 Å². The highest BCUT2D eigenvalue weighted by molar-refractivity contribution is 5.98. The zero-order chi connectivity index (χ0) is 21.1. The fraction of sp³-hybridized carbons (Fsp3) is 0.304. The van der Waals surface area contributed by atoms with Crippen LogP contribution < -0.4 is 15.1 Å². The summed E-state index contributed by atoms with van der Waals surface area (Å²) in [5.74, 6) is 1.06. The molecule has 1 N–H and O–H groups in total. The molecule has 7 heteroatoms. The van der Waals surface area contributed by atoms with Crippen molar-refractivity contribution < 1.29 is 9.59 Å². The summed E-state index contributed by atoms with van der Waals surface area (Å²) in [5.41, 5.74) is 3.19. The molecule has 1 aromatic heterocycles. The monoisotopic (exact) mass is 403 g/mol. The molecular formula is C23H25N5O2. The highest BCUT2D eigenvalue weighted by Gasteiger charge is 2.26. The van der Waals surface area contributed by atoms with Gasteiger partial charge in [0.1, 0.15) is 0 Å². The van der Waals surface area contributed by atoms with Crippen molar-refractivity contribution >= 4 is 34.5 Å². The van der Waals surface area contributed by atoms with Crippen molar-refractivity contribution in [2.45, 2.75) is 19.8 Å². The molecule has 2 heterocycles. The lowest BCUT2D eigenvalue weighted by Crippen LogP contribution is -2.35. The molecule has 0 bridgehead atoms. The normalized spacial score (nSPS) is 13.7. The lowest BCUT2D eigenvalue weighted by Gasteiger charge is -2.23. The summed E-state index contributed by atoms with van der Waals surface area (Å²) in [5, 5.41) is 2.84. The van der Waals surface area contributed by atoms with Crippen LogP contribution in [0, 0.1) is 6.92 Å². The molecule has 0 fully saturated rings. The Morgan fingerprint density at radius 1 is 1.00 bits per heavy atom. The molecule has 0 aliphatic carbocycles. The second-order valence-corrected chi connectivity index (χ2v) is 7.56. The first kappa shape index (κ1) is 19.8. The van der Waals surface area contributed by atoms with Crippen LogP contribution in [0.2, 0.25) is 0 Å². The van der Waals surface area contributed by atoms with Gasteiger partial charge in [-0.15, -0.1) is 0 Å². The third-order valence-corrected chi connectivity index (χ3v) is 5.23. The van der Waals surface area contributed by atoms with E-state index < -0.39 is 0 Å². The van der Waals surface area contributed by atoms with Gasteiger partial charge in [0.15, 0.2) is 11.6 Å². The van der Waals surface area contributed by atoms with Gasteiger partial charge in [0.05, 0.1) is 11.0 Å². The lowest BCUT2D eigenvalue weighted by atomic mass is 10.1. The molecule has 1 aliphatic rings. The Hall–Kier alpha value is -3.48. The second-order valence-electron chi connectivity index (χ2n) is 7.56. The van der Waals surface area contributed by atoms with E-state index in [1.807, 2.05) is 61.3 Å². The molecule has 0 unspecified atom stereocenters. The lowest BCUT2D eigenvalue weighted by molar-refractivity contribution is -0.118. The van der Waals surface area contributed by atoms with Crippen LogP contribution in [0.3, 0.4) is 0 Å². The summed E-state index contributed by atoms with van der Waals surface area (Å²) in [6.07, 6.45) is 1.03. The predicted molar refractivity (Wildman–Crippen MR) is 118 cm³/mol. The summed E-state index contributed by atoms with van der Waals surface area (Å²) in [6, 6.07) is 15.1. The predicted octanol–water partition coefficient (Wildman–Crippen LogP) is 2.93. The number of aryl methyl sites for hydroxylation is 1. The van der Waals surface area contributed by atoms with Crippen LogP contribution >= 0.6 is 0 Å². The Morgan fingerprint density at radius 3 is 2.47 bits per heavy atom. The van der Waals surface area contributed by atoms with Crippen LogP contribution in [0.1, 0.15) is 28.8 Å². The van der Waals surface area contributed by atoms with Crippen molar-refractivity contribution in [1.82, 2.24) is 15.3 Å². The summed E-state index contributed by atoms with van der Waals surface area (Å²) < 4.78 is 0. The number of nitrogens with zero attached hydrogens (tertiary/aromatic N) is 4. The molecule has 2 aromatic carbocycles. The van der Waals surface area contributed by atoms with Crippen molar-refractivity contribution in [3.63, 3.8) is 0 Å². The smallest absolute Gasteiger partial charge is 0.251 e. The molecule has 30 heavy (non-hydrogen) atoms. The number of hydrogen-bond donors (Lipinski definition) is 1. The zero-order valence-corrected chi connectivity index (χ0v) is 17.3. The van der Waals surface area contributed by atoms with Crippen LogP contribution in [-0.4, -0.2) is 48.5 Å². The molecule has 154 valence electrons. The van der Waals surface area contributed by atoms with Gasteiger partial charge in [-0.3, -0.25) is 14.5 Å². The molecule has 7 nitrogen and oxygen atoms in total. The number of aromatic nitrogens is 2. The summed E-state index contributed by atoms with van der Waals surface area (Å²) >= 11 is 0. The molecule has 1 aliphatic heterocycles. The third-order valence-electron chi connectivity index (χ3n) is 5.23. The number of carbonyl (C=O) groups is 2. The number of amides is 2. The molecule has 0 atom stereocenters. The largest absolute Gasteiger partial charge is 0.357 e. The summed E-state index contributed by atoms with van der Waals surface area (Å²) in [4.78, 5) is 38.6. The van der Waals surface area contributed by atoms with Gasteiger partial charge in [-0.2, -0.15) is 0 Å². The van der Waals surface area contributed by atoms with Gasteiger partial charge in [0.2, 0.25) is 5.91 Å². The third kappa shape index (κ3) is 4.10. The summed E-state index contributed by atoms with van der Waals surface area (Å²) in [6.45, 7) is 3.59. The molecule has 0 spiro atoms. The van der Waals surface area contributed by atoms with Gasteiger partial charge in [0.25, 0.3) is 5.91 Å². The van der Waals surface area contributed by atoms with E-state index >= 15 is 0 Å². The molecule has 3 aromatic rings. The van der Waals surface area contributed by atoms with Gasteiger partial charge in [-0.1, -0.05) is 29.8 Å². The number of fused-ring (bicyclic) bond motifs is 2. The van der Waals surface area contributed by atoms with Gasteiger partial charge in [-0.05, 0) is 37.6 Å². The van der Waals surface area contributed by atoms with E-state index in [4.69, 9.17) is 9.97 Å². The van der Waals surface area contributed by atoms with E-state index in [9.17, 15) is 9.59 Å². The van der Waals surface area contributed by atoms with Crippen LogP contribution in [0.15, 0.2) is 48.5 Å². The van der Waals surface area contributed by atoms with Gasteiger partial charge < -0.3 is 10.2 Å². The van der Waals surface area contributed by atoms with Crippen LogP contribution in [-0.2, 0) is 4.79 Å². The number of rotatable bonds is 4. The van der Waals surface area contributed by atoms with Crippen molar-refractivity contribution in [1.29, 1.82) is 0 Å². The minimum Gasteiger partial charge on any atom is -0.357 e. The maximum atomic E-state index is 13.0. The highest BCUT2D eigenvalue weighted by Crippen LogP contribution is 2.30. The topological polar surface area (TPSA) is 78.4 Å². The van der Waals surface area contributed by atoms with Crippen LogP contribution in [0.5, 0.6) is 0 Å². The van der Waals surface area contributed by atoms with Crippen molar-refractivity contribution in [3.8, 4) is 0 Å². The van der Waals surface area contributed by atoms with Gasteiger partial charge in [0, 0.05) is 38.7 Å².